The molecule has 1 N–H and O–H groups in total. The van der Waals surface area contributed by atoms with Crippen molar-refractivity contribution >= 4 is 17.2 Å². The van der Waals surface area contributed by atoms with Crippen LogP contribution in [-0.2, 0) is 21.5 Å². The van der Waals surface area contributed by atoms with Crippen LogP contribution in [0.5, 0.6) is 5.75 Å². The van der Waals surface area contributed by atoms with Gasteiger partial charge in [0.1, 0.15) is 5.75 Å². The number of methoxy groups -OCH3 is 1. The van der Waals surface area contributed by atoms with E-state index in [1.807, 2.05) is 35.7 Å². The van der Waals surface area contributed by atoms with Gasteiger partial charge in [0, 0.05) is 24.6 Å². The van der Waals surface area contributed by atoms with Gasteiger partial charge in [-0.2, -0.15) is 0 Å². The van der Waals surface area contributed by atoms with Gasteiger partial charge in [0.15, 0.2) is 0 Å². The van der Waals surface area contributed by atoms with E-state index in [1.54, 1.807) is 18.4 Å². The lowest BCUT2D eigenvalue weighted by molar-refractivity contribution is -0.130. The highest BCUT2D eigenvalue weighted by molar-refractivity contribution is 7.10. The summed E-state index contributed by atoms with van der Waals surface area (Å²) in [7, 11) is 1.64. The van der Waals surface area contributed by atoms with Crippen molar-refractivity contribution in [1.82, 2.24) is 5.32 Å². The molecule has 2 heterocycles. The lowest BCUT2D eigenvalue weighted by Crippen LogP contribution is -2.47. The fraction of sp³-hybridized carbons (Fsp3) is 0.389. The van der Waals surface area contributed by atoms with E-state index in [0.717, 1.165) is 29.0 Å². The van der Waals surface area contributed by atoms with E-state index in [2.05, 4.69) is 11.4 Å². The summed E-state index contributed by atoms with van der Waals surface area (Å²) < 4.78 is 10.7. The molecule has 1 aliphatic rings. The van der Waals surface area contributed by atoms with Gasteiger partial charge in [-0.15, -0.1) is 11.3 Å². The molecule has 0 atom stereocenters. The topological polar surface area (TPSA) is 47.6 Å². The molecule has 0 spiro atoms. The number of rotatable bonds is 5. The highest BCUT2D eigenvalue weighted by atomic mass is 32.1. The summed E-state index contributed by atoms with van der Waals surface area (Å²) in [4.78, 5) is 14.1. The largest absolute Gasteiger partial charge is 0.497 e. The number of thiophene rings is 1. The minimum atomic E-state index is -0.453. The normalized spacial score (nSPS) is 16.7. The zero-order valence-corrected chi connectivity index (χ0v) is 14.0. The molecule has 1 aliphatic heterocycles. The first-order valence-corrected chi connectivity index (χ1v) is 8.65. The fourth-order valence-corrected chi connectivity index (χ4v) is 3.97. The quantitative estimate of drug-likeness (QED) is 0.916. The molecule has 0 unspecified atom stereocenters. The lowest BCUT2D eigenvalue weighted by Gasteiger charge is -2.35. The van der Waals surface area contributed by atoms with E-state index in [9.17, 15) is 4.79 Å². The van der Waals surface area contributed by atoms with Crippen LogP contribution in [0, 0.1) is 0 Å². The van der Waals surface area contributed by atoms with Crippen LogP contribution in [0.4, 0.5) is 0 Å². The number of carbonyl (C=O) groups excluding carboxylic acids is 1. The van der Waals surface area contributed by atoms with E-state index >= 15 is 0 Å². The van der Waals surface area contributed by atoms with Crippen LogP contribution in [0.25, 0.3) is 0 Å². The second-order valence-corrected chi connectivity index (χ2v) is 6.65. The molecule has 1 aromatic heterocycles. The third kappa shape index (κ3) is 3.41. The number of nitrogens with one attached hydrogen (secondary N) is 1. The van der Waals surface area contributed by atoms with Gasteiger partial charge >= 0.3 is 0 Å². The van der Waals surface area contributed by atoms with Gasteiger partial charge in [-0.25, -0.2) is 0 Å². The Labute approximate surface area is 140 Å². The zero-order valence-electron chi connectivity index (χ0n) is 13.2. The summed E-state index contributed by atoms with van der Waals surface area (Å²) in [6.07, 6.45) is 1.47. The maximum Gasteiger partial charge on any atom is 0.231 e. The maximum atomic E-state index is 13.0. The van der Waals surface area contributed by atoms with Crippen molar-refractivity contribution in [1.29, 1.82) is 0 Å². The summed E-state index contributed by atoms with van der Waals surface area (Å²) in [6, 6.07) is 11.8. The molecule has 0 bridgehead atoms. The third-order valence-electron chi connectivity index (χ3n) is 4.36. The predicted octanol–water partition coefficient (Wildman–Crippen LogP) is 3.12. The Hall–Kier alpha value is -1.85. The molecule has 0 saturated carbocycles. The smallest absolute Gasteiger partial charge is 0.231 e. The first kappa shape index (κ1) is 16.0. The highest BCUT2D eigenvalue weighted by Gasteiger charge is 2.42. The van der Waals surface area contributed by atoms with E-state index in [4.69, 9.17) is 9.47 Å². The van der Waals surface area contributed by atoms with Crippen molar-refractivity contribution in [2.75, 3.05) is 20.3 Å². The summed E-state index contributed by atoms with van der Waals surface area (Å²) >= 11 is 1.65. The Balaban J connectivity index is 1.74. The van der Waals surface area contributed by atoms with E-state index < -0.39 is 5.41 Å². The molecule has 23 heavy (non-hydrogen) atoms. The van der Waals surface area contributed by atoms with Crippen molar-refractivity contribution in [2.24, 2.45) is 0 Å². The minimum Gasteiger partial charge on any atom is -0.497 e. The van der Waals surface area contributed by atoms with Crippen molar-refractivity contribution in [3.63, 3.8) is 0 Å². The monoisotopic (exact) mass is 331 g/mol. The predicted molar refractivity (Wildman–Crippen MR) is 90.9 cm³/mol. The van der Waals surface area contributed by atoms with Gasteiger partial charge < -0.3 is 14.8 Å². The Kier molecular flexibility index (Phi) is 4.98. The summed E-state index contributed by atoms with van der Waals surface area (Å²) in [6.45, 7) is 1.76. The number of amides is 1. The molecule has 1 saturated heterocycles. The number of hydrogen-bond donors (Lipinski definition) is 1. The van der Waals surface area contributed by atoms with E-state index in [-0.39, 0.29) is 5.91 Å². The van der Waals surface area contributed by atoms with Crippen LogP contribution in [0.1, 0.15) is 23.3 Å². The fourth-order valence-electron chi connectivity index (χ4n) is 2.99. The van der Waals surface area contributed by atoms with Crippen molar-refractivity contribution in [3.05, 3.63) is 52.2 Å². The van der Waals surface area contributed by atoms with Gasteiger partial charge in [-0.1, -0.05) is 18.2 Å². The SMILES string of the molecule is COc1cccc(CNC(=O)C2(c3cccs3)CCOCC2)c1. The lowest BCUT2D eigenvalue weighted by atomic mass is 9.78. The summed E-state index contributed by atoms with van der Waals surface area (Å²) in [5.74, 6) is 0.891. The minimum absolute atomic E-state index is 0.0890. The van der Waals surface area contributed by atoms with Crippen molar-refractivity contribution in [2.45, 2.75) is 24.8 Å². The van der Waals surface area contributed by atoms with Crippen molar-refractivity contribution < 1.29 is 14.3 Å². The second kappa shape index (κ2) is 7.15. The van der Waals surface area contributed by atoms with Crippen molar-refractivity contribution in [3.8, 4) is 5.75 Å². The molecule has 122 valence electrons. The van der Waals surface area contributed by atoms with Crippen LogP contribution in [0.2, 0.25) is 0 Å². The second-order valence-electron chi connectivity index (χ2n) is 5.71. The first-order valence-electron chi connectivity index (χ1n) is 7.77. The van der Waals surface area contributed by atoms with Crippen LogP contribution >= 0.6 is 11.3 Å². The number of ether oxygens (including phenoxy) is 2. The number of carbonyl (C=O) groups is 1. The molecule has 4 nitrogen and oxygen atoms in total. The molecular weight excluding hydrogens is 310 g/mol. The van der Waals surface area contributed by atoms with Crippen LogP contribution in [0.15, 0.2) is 41.8 Å². The average Bonchev–Trinajstić information content (AvgIpc) is 3.15. The average molecular weight is 331 g/mol. The Morgan fingerprint density at radius 3 is 2.83 bits per heavy atom. The Morgan fingerprint density at radius 2 is 2.13 bits per heavy atom. The molecule has 1 amide bonds. The van der Waals surface area contributed by atoms with E-state index in [1.165, 1.54) is 0 Å². The highest BCUT2D eigenvalue weighted by Crippen LogP contribution is 2.37. The summed E-state index contributed by atoms with van der Waals surface area (Å²) in [5.41, 5.74) is 0.580. The number of hydrogen-bond acceptors (Lipinski definition) is 4. The molecule has 5 heteroatoms. The molecule has 1 fully saturated rings. The van der Waals surface area contributed by atoms with Gasteiger partial charge in [-0.05, 0) is 42.0 Å². The molecule has 0 radical (unpaired) electrons. The molecule has 3 rings (SSSR count). The molecule has 2 aromatic rings. The van der Waals surface area contributed by atoms with Crippen LogP contribution in [-0.4, -0.2) is 26.2 Å². The number of benzene rings is 1. The zero-order chi connectivity index (χ0) is 16.1. The van der Waals surface area contributed by atoms with Gasteiger partial charge in [0.2, 0.25) is 5.91 Å². The molecule has 1 aromatic carbocycles. The van der Waals surface area contributed by atoms with Crippen LogP contribution < -0.4 is 10.1 Å². The van der Waals surface area contributed by atoms with E-state index in [0.29, 0.717) is 19.8 Å². The first-order chi connectivity index (χ1) is 11.2. The third-order valence-corrected chi connectivity index (χ3v) is 5.44. The van der Waals surface area contributed by atoms with Gasteiger partial charge in [0.25, 0.3) is 0 Å². The standard InChI is InChI=1S/C18H21NO3S/c1-21-15-5-2-4-14(12-15)13-19-17(20)18(7-9-22-10-8-18)16-6-3-11-23-16/h2-6,11-12H,7-10,13H2,1H3,(H,19,20). The van der Waals surface area contributed by atoms with Gasteiger partial charge in [-0.3, -0.25) is 4.79 Å². The molecular formula is C18H21NO3S. The Bertz CT molecular complexity index is 648. The molecule has 0 aliphatic carbocycles. The van der Waals surface area contributed by atoms with Crippen LogP contribution in [0.3, 0.4) is 0 Å². The Morgan fingerprint density at radius 1 is 1.30 bits per heavy atom. The maximum absolute atomic E-state index is 13.0. The van der Waals surface area contributed by atoms with Gasteiger partial charge in [0.05, 0.1) is 12.5 Å². The summed E-state index contributed by atoms with van der Waals surface area (Å²) in [5, 5.41) is 5.14.